The third-order valence-corrected chi connectivity index (χ3v) is 5.13. The summed E-state index contributed by atoms with van der Waals surface area (Å²) in [7, 11) is 0. The lowest BCUT2D eigenvalue weighted by molar-refractivity contribution is 0.0940. The number of hydrogen-bond donors (Lipinski definition) is 2. The monoisotopic (exact) mass is 390 g/mol. The Balaban J connectivity index is 1.52. The Bertz CT molecular complexity index is 1010. The number of nitrogens with zero attached hydrogens (tertiary/aromatic N) is 4. The van der Waals surface area contributed by atoms with Gasteiger partial charge in [0, 0.05) is 30.8 Å². The number of benzene rings is 1. The third-order valence-electron chi connectivity index (χ3n) is 5.13. The predicted molar refractivity (Wildman–Crippen MR) is 112 cm³/mol. The van der Waals surface area contributed by atoms with Crippen molar-refractivity contribution < 1.29 is 4.79 Å². The van der Waals surface area contributed by atoms with E-state index in [1.54, 1.807) is 0 Å². The summed E-state index contributed by atoms with van der Waals surface area (Å²) in [6, 6.07) is 12.3. The van der Waals surface area contributed by atoms with Gasteiger partial charge in [-0.2, -0.15) is 5.10 Å². The molecule has 0 radical (unpaired) electrons. The molecule has 1 aliphatic rings. The summed E-state index contributed by atoms with van der Waals surface area (Å²) in [6.45, 7) is 6.09. The van der Waals surface area contributed by atoms with Crippen molar-refractivity contribution in [1.29, 1.82) is 0 Å². The molecule has 1 amide bonds. The first-order chi connectivity index (χ1) is 14.1. The van der Waals surface area contributed by atoms with Crippen molar-refractivity contribution in [1.82, 2.24) is 25.1 Å². The molecule has 150 valence electrons. The highest BCUT2D eigenvalue weighted by molar-refractivity contribution is 5.96. The van der Waals surface area contributed by atoms with Crippen LogP contribution in [0.3, 0.4) is 0 Å². The zero-order chi connectivity index (χ0) is 20.2. The van der Waals surface area contributed by atoms with E-state index in [1.165, 1.54) is 5.56 Å². The second-order valence-corrected chi connectivity index (χ2v) is 7.38. The van der Waals surface area contributed by atoms with Crippen LogP contribution in [0.1, 0.15) is 38.8 Å². The van der Waals surface area contributed by atoms with Crippen LogP contribution in [0.5, 0.6) is 0 Å². The van der Waals surface area contributed by atoms with Crippen molar-refractivity contribution in [3.63, 3.8) is 0 Å². The number of anilines is 1. The number of amides is 1. The van der Waals surface area contributed by atoms with Gasteiger partial charge in [-0.05, 0) is 38.3 Å². The second kappa shape index (κ2) is 8.43. The van der Waals surface area contributed by atoms with Crippen LogP contribution in [0.2, 0.25) is 0 Å². The maximum absolute atomic E-state index is 12.4. The number of carbonyl (C=O) groups is 1. The highest BCUT2D eigenvalue weighted by Crippen LogP contribution is 2.21. The van der Waals surface area contributed by atoms with Crippen LogP contribution in [-0.4, -0.2) is 38.7 Å². The summed E-state index contributed by atoms with van der Waals surface area (Å²) in [5.74, 6) is 1.35. The highest BCUT2D eigenvalue weighted by atomic mass is 16.1. The average molecular weight is 390 g/mol. The Kier molecular flexibility index (Phi) is 5.55. The fraction of sp³-hybridized carbons (Fsp3) is 0.364. The smallest absolute Gasteiger partial charge is 0.270 e. The lowest BCUT2D eigenvalue weighted by atomic mass is 10.1. The van der Waals surface area contributed by atoms with Crippen molar-refractivity contribution in [2.75, 3.05) is 18.4 Å². The molecule has 0 aliphatic carbocycles. The van der Waals surface area contributed by atoms with Gasteiger partial charge in [0.25, 0.3) is 5.91 Å². The summed E-state index contributed by atoms with van der Waals surface area (Å²) < 4.78 is 1.99. The van der Waals surface area contributed by atoms with E-state index in [9.17, 15) is 4.79 Å². The average Bonchev–Trinajstić information content (AvgIpc) is 3.05. The summed E-state index contributed by atoms with van der Waals surface area (Å²) in [6.07, 6.45) is 2.27. The maximum Gasteiger partial charge on any atom is 0.270 e. The molecule has 3 aromatic rings. The van der Waals surface area contributed by atoms with Crippen LogP contribution in [0.15, 0.2) is 36.4 Å². The number of carbonyl (C=O) groups excluding carboxylic acids is 1. The van der Waals surface area contributed by atoms with E-state index in [0.29, 0.717) is 31.0 Å². The van der Waals surface area contributed by atoms with Crippen LogP contribution in [0.4, 0.5) is 5.82 Å². The fourth-order valence-corrected chi connectivity index (χ4v) is 3.68. The molecule has 0 saturated carbocycles. The van der Waals surface area contributed by atoms with Gasteiger partial charge in [0.05, 0.1) is 12.2 Å². The fourth-order valence-electron chi connectivity index (χ4n) is 3.68. The van der Waals surface area contributed by atoms with Crippen molar-refractivity contribution in [3.05, 3.63) is 70.4 Å². The topological polar surface area (TPSA) is 84.7 Å². The van der Waals surface area contributed by atoms with Gasteiger partial charge in [-0.1, -0.05) is 30.3 Å². The Morgan fingerprint density at radius 2 is 1.97 bits per heavy atom. The molecule has 4 rings (SSSR count). The van der Waals surface area contributed by atoms with Gasteiger partial charge >= 0.3 is 0 Å². The number of nitrogens with one attached hydrogen (secondary N) is 2. The summed E-state index contributed by atoms with van der Waals surface area (Å²) >= 11 is 0. The molecule has 1 aromatic carbocycles. The Labute approximate surface area is 170 Å². The maximum atomic E-state index is 12.4. The summed E-state index contributed by atoms with van der Waals surface area (Å²) in [5.41, 5.74) is 4.80. The molecule has 3 heterocycles. The first kappa shape index (κ1) is 19.1. The standard InChI is InChI=1S/C22H26N6O/c1-15-14-16(2)28(27-15)13-12-23-21-18-10-11-24-22(29)20(18)25-19(26-21)9-8-17-6-4-3-5-7-17/h3-7,14H,8-13H2,1-2H3,(H,24,29)(H,23,25,26). The zero-order valence-corrected chi connectivity index (χ0v) is 16.9. The van der Waals surface area contributed by atoms with E-state index >= 15 is 0 Å². The van der Waals surface area contributed by atoms with Crippen molar-refractivity contribution in [2.24, 2.45) is 0 Å². The molecule has 2 N–H and O–H groups in total. The van der Waals surface area contributed by atoms with Crippen LogP contribution in [0.25, 0.3) is 0 Å². The minimum atomic E-state index is -0.115. The van der Waals surface area contributed by atoms with Gasteiger partial charge in [-0.25, -0.2) is 9.97 Å². The summed E-state index contributed by atoms with van der Waals surface area (Å²) in [4.78, 5) is 21.7. The number of hydrogen-bond acceptors (Lipinski definition) is 5. The molecule has 7 heteroatoms. The number of rotatable bonds is 7. The SMILES string of the molecule is Cc1cc(C)n(CCNc2nc(CCc3ccccc3)nc3c2CCNC3=O)n1. The Morgan fingerprint density at radius 1 is 1.14 bits per heavy atom. The minimum absolute atomic E-state index is 0.115. The van der Waals surface area contributed by atoms with Crippen LogP contribution in [-0.2, 0) is 25.8 Å². The van der Waals surface area contributed by atoms with E-state index in [0.717, 1.165) is 42.2 Å². The molecule has 0 unspecified atom stereocenters. The lowest BCUT2D eigenvalue weighted by Gasteiger charge is -2.20. The van der Waals surface area contributed by atoms with Gasteiger partial charge < -0.3 is 10.6 Å². The van der Waals surface area contributed by atoms with E-state index in [4.69, 9.17) is 4.98 Å². The van der Waals surface area contributed by atoms with Crippen LogP contribution < -0.4 is 10.6 Å². The normalized spacial score (nSPS) is 13.1. The van der Waals surface area contributed by atoms with E-state index in [-0.39, 0.29) is 5.91 Å². The van der Waals surface area contributed by atoms with Crippen LogP contribution >= 0.6 is 0 Å². The first-order valence-corrected chi connectivity index (χ1v) is 10.1. The zero-order valence-electron chi connectivity index (χ0n) is 16.9. The molecule has 0 bridgehead atoms. The first-order valence-electron chi connectivity index (χ1n) is 10.1. The number of fused-ring (bicyclic) bond motifs is 1. The predicted octanol–water partition coefficient (Wildman–Crippen LogP) is 2.47. The van der Waals surface area contributed by atoms with Gasteiger partial charge in [0.2, 0.25) is 0 Å². The molecular formula is C22H26N6O. The van der Waals surface area contributed by atoms with Gasteiger partial charge in [0.15, 0.2) is 0 Å². The van der Waals surface area contributed by atoms with Crippen molar-refractivity contribution >= 4 is 11.7 Å². The van der Waals surface area contributed by atoms with Gasteiger partial charge in [-0.3, -0.25) is 9.48 Å². The largest absolute Gasteiger partial charge is 0.368 e. The van der Waals surface area contributed by atoms with E-state index in [1.807, 2.05) is 29.8 Å². The molecular weight excluding hydrogens is 364 g/mol. The second-order valence-electron chi connectivity index (χ2n) is 7.38. The number of aromatic nitrogens is 4. The summed E-state index contributed by atoms with van der Waals surface area (Å²) in [5, 5.41) is 10.8. The Morgan fingerprint density at radius 3 is 2.72 bits per heavy atom. The van der Waals surface area contributed by atoms with E-state index < -0.39 is 0 Å². The van der Waals surface area contributed by atoms with Gasteiger partial charge in [-0.15, -0.1) is 0 Å². The third kappa shape index (κ3) is 4.45. The van der Waals surface area contributed by atoms with Gasteiger partial charge in [0.1, 0.15) is 17.3 Å². The minimum Gasteiger partial charge on any atom is -0.368 e. The van der Waals surface area contributed by atoms with Crippen LogP contribution in [0, 0.1) is 13.8 Å². The molecule has 2 aromatic heterocycles. The lowest BCUT2D eigenvalue weighted by Crippen LogP contribution is -2.34. The molecule has 7 nitrogen and oxygen atoms in total. The highest BCUT2D eigenvalue weighted by Gasteiger charge is 2.23. The molecule has 29 heavy (non-hydrogen) atoms. The molecule has 0 spiro atoms. The molecule has 0 fully saturated rings. The van der Waals surface area contributed by atoms with E-state index in [2.05, 4.69) is 45.8 Å². The molecule has 1 aliphatic heterocycles. The quantitative estimate of drug-likeness (QED) is 0.647. The number of aryl methyl sites for hydroxylation is 4. The van der Waals surface area contributed by atoms with Crippen molar-refractivity contribution in [3.8, 4) is 0 Å². The molecule has 0 saturated heterocycles. The Hall–Kier alpha value is -3.22. The van der Waals surface area contributed by atoms with Crippen molar-refractivity contribution in [2.45, 2.75) is 39.7 Å². The molecule has 0 atom stereocenters.